The fourth-order valence-corrected chi connectivity index (χ4v) is 3.33. The molecule has 0 amide bonds. The first-order valence-electron chi connectivity index (χ1n) is 7.93. The van der Waals surface area contributed by atoms with Gasteiger partial charge in [0, 0.05) is 11.3 Å². The number of carbonyl (C=O) groups is 1. The molecule has 116 valence electrons. The smallest absolute Gasteiger partial charge is 0.159 e. The Morgan fingerprint density at radius 2 is 2.32 bits per heavy atom. The van der Waals surface area contributed by atoms with E-state index in [-0.39, 0.29) is 11.3 Å². The van der Waals surface area contributed by atoms with Gasteiger partial charge in [-0.3, -0.25) is 0 Å². The van der Waals surface area contributed by atoms with Gasteiger partial charge in [-0.05, 0) is 32.1 Å². The molecule has 22 heavy (non-hydrogen) atoms. The minimum atomic E-state index is -0.0566. The van der Waals surface area contributed by atoms with Crippen LogP contribution >= 0.6 is 0 Å². The first kappa shape index (κ1) is 14.9. The highest BCUT2D eigenvalue weighted by Crippen LogP contribution is 2.58. The topological polar surface area (TPSA) is 52.1 Å². The van der Waals surface area contributed by atoms with Gasteiger partial charge in [0.05, 0.1) is 18.5 Å². The minimum absolute atomic E-state index is 0.0566. The summed E-state index contributed by atoms with van der Waals surface area (Å²) in [5.74, 6) is 1.99. The van der Waals surface area contributed by atoms with Crippen molar-refractivity contribution in [3.8, 4) is 5.75 Å². The molecule has 1 heterocycles. The molecule has 1 aromatic heterocycles. The second kappa shape index (κ2) is 6.03. The number of carbonyl (C=O) groups excluding carboxylic acids is 1. The Balaban J connectivity index is 1.75. The van der Waals surface area contributed by atoms with Crippen molar-refractivity contribution in [1.29, 1.82) is 0 Å². The highest BCUT2D eigenvalue weighted by Gasteiger charge is 2.58. The van der Waals surface area contributed by atoms with Crippen LogP contribution in [0.5, 0.6) is 5.75 Å². The number of rotatable bonds is 6. The lowest BCUT2D eigenvalue weighted by Crippen LogP contribution is -2.25. The van der Waals surface area contributed by atoms with E-state index < -0.39 is 0 Å². The Kier molecular flexibility index (Phi) is 4.10. The Bertz CT molecular complexity index is 624. The molecule has 3 rings (SSSR count). The van der Waals surface area contributed by atoms with Crippen LogP contribution in [-0.2, 0) is 11.2 Å². The second-order valence-corrected chi connectivity index (χ2v) is 6.21. The summed E-state index contributed by atoms with van der Waals surface area (Å²) in [5, 5.41) is 0. The third kappa shape index (κ3) is 2.70. The summed E-state index contributed by atoms with van der Waals surface area (Å²) < 4.78 is 6.05. The third-order valence-corrected chi connectivity index (χ3v) is 4.84. The van der Waals surface area contributed by atoms with Crippen molar-refractivity contribution in [2.45, 2.75) is 33.1 Å². The molecule has 0 radical (unpaired) electrons. The predicted molar refractivity (Wildman–Crippen MR) is 84.6 cm³/mol. The average molecular weight is 298 g/mol. The molecule has 0 spiro atoms. The van der Waals surface area contributed by atoms with E-state index in [1.54, 1.807) is 6.20 Å². The van der Waals surface area contributed by atoms with E-state index in [4.69, 9.17) is 4.74 Å². The van der Waals surface area contributed by atoms with Crippen LogP contribution in [0.3, 0.4) is 0 Å². The van der Waals surface area contributed by atoms with Crippen LogP contribution in [0.15, 0.2) is 30.5 Å². The first-order chi connectivity index (χ1) is 10.7. The second-order valence-electron chi connectivity index (χ2n) is 6.21. The molecule has 2 aliphatic carbocycles. The predicted octanol–water partition coefficient (Wildman–Crippen LogP) is 3.06. The van der Waals surface area contributed by atoms with Gasteiger partial charge in [-0.1, -0.05) is 31.2 Å². The number of nitrogens with zero attached hydrogens (tertiary/aromatic N) is 2. The summed E-state index contributed by atoms with van der Waals surface area (Å²) in [4.78, 5) is 19.9. The van der Waals surface area contributed by atoms with Crippen molar-refractivity contribution < 1.29 is 9.53 Å². The zero-order valence-electron chi connectivity index (χ0n) is 13.2. The number of hydrogen-bond acceptors (Lipinski definition) is 4. The van der Waals surface area contributed by atoms with Gasteiger partial charge in [0.1, 0.15) is 12.1 Å². The van der Waals surface area contributed by atoms with E-state index in [1.165, 1.54) is 0 Å². The molecule has 0 aromatic carbocycles. The van der Waals surface area contributed by atoms with Crippen LogP contribution in [0.25, 0.3) is 0 Å². The zero-order valence-corrected chi connectivity index (χ0v) is 13.2. The van der Waals surface area contributed by atoms with E-state index in [2.05, 4.69) is 41.2 Å². The van der Waals surface area contributed by atoms with Gasteiger partial charge in [-0.25, -0.2) is 9.97 Å². The van der Waals surface area contributed by atoms with Gasteiger partial charge >= 0.3 is 0 Å². The molecule has 0 bridgehead atoms. The molecule has 1 unspecified atom stereocenters. The van der Waals surface area contributed by atoms with E-state index >= 15 is 0 Å². The summed E-state index contributed by atoms with van der Waals surface area (Å²) >= 11 is 0. The van der Waals surface area contributed by atoms with Crippen LogP contribution in [0.4, 0.5) is 0 Å². The van der Waals surface area contributed by atoms with Gasteiger partial charge in [0.25, 0.3) is 0 Å². The van der Waals surface area contributed by atoms with Crippen molar-refractivity contribution >= 4 is 6.29 Å². The molecule has 1 saturated carbocycles. The molecule has 2 aliphatic rings. The number of aldehydes is 1. The molecule has 0 aliphatic heterocycles. The zero-order chi connectivity index (χ0) is 15.6. The van der Waals surface area contributed by atoms with Crippen LogP contribution in [0.1, 0.15) is 31.3 Å². The van der Waals surface area contributed by atoms with Gasteiger partial charge < -0.3 is 9.53 Å². The Morgan fingerprint density at radius 3 is 2.95 bits per heavy atom. The van der Waals surface area contributed by atoms with Gasteiger partial charge in [0.2, 0.25) is 0 Å². The molecule has 4 heteroatoms. The van der Waals surface area contributed by atoms with Crippen molar-refractivity contribution in [3.05, 3.63) is 42.0 Å². The lowest BCUT2D eigenvalue weighted by molar-refractivity contribution is -0.109. The highest BCUT2D eigenvalue weighted by molar-refractivity contribution is 5.61. The SMILES string of the molecule is CCc1nc(C)ncc1OC[C@@]1(C2C=CC=CC2)C[C@H]1C=O. The van der Waals surface area contributed by atoms with Crippen molar-refractivity contribution in [2.24, 2.45) is 17.3 Å². The van der Waals surface area contributed by atoms with Crippen molar-refractivity contribution in [2.75, 3.05) is 6.61 Å². The first-order valence-corrected chi connectivity index (χ1v) is 7.93. The molecule has 0 N–H and O–H groups in total. The fourth-order valence-electron chi connectivity index (χ4n) is 3.33. The molecular formula is C18H22N2O2. The number of aryl methyl sites for hydroxylation is 2. The maximum Gasteiger partial charge on any atom is 0.159 e. The number of allylic oxidation sites excluding steroid dienone is 4. The fraction of sp³-hybridized carbons (Fsp3) is 0.500. The van der Waals surface area contributed by atoms with Gasteiger partial charge in [-0.15, -0.1) is 0 Å². The third-order valence-electron chi connectivity index (χ3n) is 4.84. The Hall–Kier alpha value is -1.97. The molecule has 1 fully saturated rings. The summed E-state index contributed by atoms with van der Waals surface area (Å²) in [6, 6.07) is 0. The number of ether oxygens (including phenoxy) is 1. The molecule has 0 saturated heterocycles. The maximum absolute atomic E-state index is 11.3. The van der Waals surface area contributed by atoms with Crippen LogP contribution < -0.4 is 4.74 Å². The normalized spacial score (nSPS) is 29.4. The molecular weight excluding hydrogens is 276 g/mol. The Labute approximate surface area is 131 Å². The molecule has 4 nitrogen and oxygen atoms in total. The quantitative estimate of drug-likeness (QED) is 0.757. The van der Waals surface area contributed by atoms with E-state index in [1.807, 2.05) is 6.92 Å². The van der Waals surface area contributed by atoms with Crippen LogP contribution in [0, 0.1) is 24.2 Å². The van der Waals surface area contributed by atoms with E-state index in [0.717, 1.165) is 42.8 Å². The largest absolute Gasteiger partial charge is 0.489 e. The van der Waals surface area contributed by atoms with Crippen LogP contribution in [-0.4, -0.2) is 22.9 Å². The molecule has 1 aromatic rings. The summed E-state index contributed by atoms with van der Waals surface area (Å²) in [6.07, 6.45) is 14.1. The minimum Gasteiger partial charge on any atom is -0.489 e. The lowest BCUT2D eigenvalue weighted by atomic mass is 9.83. The van der Waals surface area contributed by atoms with E-state index in [9.17, 15) is 4.79 Å². The lowest BCUT2D eigenvalue weighted by Gasteiger charge is -2.26. The van der Waals surface area contributed by atoms with E-state index in [0.29, 0.717) is 12.5 Å². The van der Waals surface area contributed by atoms with Crippen LogP contribution in [0.2, 0.25) is 0 Å². The van der Waals surface area contributed by atoms with Gasteiger partial charge in [-0.2, -0.15) is 0 Å². The summed E-state index contributed by atoms with van der Waals surface area (Å²) in [7, 11) is 0. The number of hydrogen-bond donors (Lipinski definition) is 0. The monoisotopic (exact) mass is 298 g/mol. The molecule has 3 atom stereocenters. The summed E-state index contributed by atoms with van der Waals surface area (Å²) in [5.41, 5.74) is 0.879. The summed E-state index contributed by atoms with van der Waals surface area (Å²) in [6.45, 7) is 4.50. The van der Waals surface area contributed by atoms with Crippen molar-refractivity contribution in [1.82, 2.24) is 9.97 Å². The average Bonchev–Trinajstić information content (AvgIpc) is 3.29. The standard InChI is InChI=1S/C18H22N2O2/c1-3-16-17(10-19-13(2)20-16)22-12-18(9-15(18)11-21)14-7-5-4-6-8-14/h4-7,10-11,14-15H,3,8-9,12H2,1-2H3/t14?,15-,18+/m0/s1. The number of aromatic nitrogens is 2. The Morgan fingerprint density at radius 1 is 1.45 bits per heavy atom. The van der Waals surface area contributed by atoms with Crippen molar-refractivity contribution in [3.63, 3.8) is 0 Å². The maximum atomic E-state index is 11.3. The van der Waals surface area contributed by atoms with Gasteiger partial charge in [0.15, 0.2) is 5.75 Å². The highest BCUT2D eigenvalue weighted by atomic mass is 16.5.